The minimum Gasteiger partial charge on any atom is -0.451 e. The van der Waals surface area contributed by atoms with Crippen LogP contribution in [0.15, 0.2) is 93.7 Å². The second kappa shape index (κ2) is 14.8. The zero-order valence-corrected chi connectivity index (χ0v) is 27.4. The van der Waals surface area contributed by atoms with E-state index in [1.54, 1.807) is 12.1 Å². The van der Waals surface area contributed by atoms with E-state index in [1.807, 2.05) is 35.2 Å². The minimum absolute atomic E-state index is 0.0444. The predicted octanol–water partition coefficient (Wildman–Crippen LogP) is 7.43. The standard InChI is InChI=1S/C37H35ClF3N3O5/c38-27-10-8-24(9-11-27)19-28(42-36(47)34-22-32(45)30-21-29(49-37(39,40)41)12-13-33(30)48-34)20-25-14-17-43(18-15-25)31-6-2-1-5-26(31)23-44-16-4-3-7-35(44)46/h1-2,5-6,8-13,20-22,28H,3-4,7,14-19,23H2,(H,42,47). The van der Waals surface area contributed by atoms with E-state index in [1.165, 1.54) is 0 Å². The Morgan fingerprint density at radius 3 is 2.45 bits per heavy atom. The first-order chi connectivity index (χ1) is 23.5. The van der Waals surface area contributed by atoms with Gasteiger partial charge >= 0.3 is 6.36 Å². The van der Waals surface area contributed by atoms with Crippen LogP contribution in [0.2, 0.25) is 5.02 Å². The Balaban J connectivity index is 1.18. The van der Waals surface area contributed by atoms with E-state index >= 15 is 0 Å². The summed E-state index contributed by atoms with van der Waals surface area (Å²) in [4.78, 5) is 43.0. The molecule has 0 bridgehead atoms. The van der Waals surface area contributed by atoms with Gasteiger partial charge in [0.2, 0.25) is 5.91 Å². The maximum atomic E-state index is 13.4. The van der Waals surface area contributed by atoms with Crippen LogP contribution in [0.1, 0.15) is 53.8 Å². The molecule has 12 heteroatoms. The predicted molar refractivity (Wildman–Crippen MR) is 181 cm³/mol. The number of anilines is 1. The molecule has 0 aliphatic carbocycles. The summed E-state index contributed by atoms with van der Waals surface area (Å²) in [6.45, 7) is 2.90. The highest BCUT2D eigenvalue weighted by Gasteiger charge is 2.31. The van der Waals surface area contributed by atoms with Crippen LogP contribution in [-0.4, -0.2) is 48.8 Å². The zero-order valence-electron chi connectivity index (χ0n) is 26.6. The molecule has 0 spiro atoms. The fraction of sp³-hybridized carbons (Fsp3) is 0.324. The van der Waals surface area contributed by atoms with Crippen molar-refractivity contribution in [2.24, 2.45) is 0 Å². The number of rotatable bonds is 9. The maximum absolute atomic E-state index is 13.4. The number of carbonyl (C=O) groups is 2. The zero-order chi connectivity index (χ0) is 34.5. The van der Waals surface area contributed by atoms with Gasteiger partial charge in [0, 0.05) is 49.4 Å². The Morgan fingerprint density at radius 1 is 0.959 bits per heavy atom. The molecule has 2 fully saturated rings. The summed E-state index contributed by atoms with van der Waals surface area (Å²) in [6.07, 6.45) is 1.66. The summed E-state index contributed by atoms with van der Waals surface area (Å²) in [6, 6.07) is 19.1. The lowest BCUT2D eigenvalue weighted by molar-refractivity contribution is -0.274. The van der Waals surface area contributed by atoms with Gasteiger partial charge in [0.05, 0.1) is 11.4 Å². The molecule has 6 rings (SSSR count). The van der Waals surface area contributed by atoms with Gasteiger partial charge in [-0.15, -0.1) is 13.2 Å². The average Bonchev–Trinajstić information content (AvgIpc) is 3.07. The number of hydrogen-bond donors (Lipinski definition) is 1. The van der Waals surface area contributed by atoms with Crippen LogP contribution in [0.5, 0.6) is 5.75 Å². The third-order valence-electron chi connectivity index (χ3n) is 8.80. The first-order valence-electron chi connectivity index (χ1n) is 16.2. The highest BCUT2D eigenvalue weighted by molar-refractivity contribution is 6.30. The lowest BCUT2D eigenvalue weighted by Crippen LogP contribution is -2.37. The highest BCUT2D eigenvalue weighted by atomic mass is 35.5. The molecule has 2 amide bonds. The Morgan fingerprint density at radius 2 is 1.71 bits per heavy atom. The minimum atomic E-state index is -4.92. The number of likely N-dealkylation sites (tertiary alicyclic amines) is 1. The van der Waals surface area contributed by atoms with Gasteiger partial charge < -0.3 is 24.3 Å². The molecule has 256 valence electrons. The third-order valence-corrected chi connectivity index (χ3v) is 9.05. The fourth-order valence-corrected chi connectivity index (χ4v) is 6.51. The number of nitrogens with one attached hydrogen (secondary N) is 1. The Hall–Kier alpha value is -4.77. The molecule has 49 heavy (non-hydrogen) atoms. The Kier molecular flexibility index (Phi) is 10.3. The largest absolute Gasteiger partial charge is 0.573 e. The first-order valence-corrected chi connectivity index (χ1v) is 16.6. The van der Waals surface area contributed by atoms with Gasteiger partial charge in [-0.2, -0.15) is 0 Å². The van der Waals surface area contributed by atoms with E-state index in [-0.39, 0.29) is 22.6 Å². The van der Waals surface area contributed by atoms with Crippen molar-refractivity contribution in [2.45, 2.75) is 57.5 Å². The van der Waals surface area contributed by atoms with E-state index < -0.39 is 29.5 Å². The fourth-order valence-electron chi connectivity index (χ4n) is 6.38. The van der Waals surface area contributed by atoms with Crippen LogP contribution in [-0.2, 0) is 17.8 Å². The van der Waals surface area contributed by atoms with Crippen molar-refractivity contribution >= 4 is 40.1 Å². The number of amides is 2. The molecule has 8 nitrogen and oxygen atoms in total. The molecule has 0 saturated carbocycles. The number of benzene rings is 3. The van der Waals surface area contributed by atoms with Crippen LogP contribution in [0.3, 0.4) is 0 Å². The summed E-state index contributed by atoms with van der Waals surface area (Å²) in [5.74, 6) is -1.26. The highest BCUT2D eigenvalue weighted by Crippen LogP contribution is 2.29. The van der Waals surface area contributed by atoms with Crippen LogP contribution in [0.4, 0.5) is 18.9 Å². The van der Waals surface area contributed by atoms with Crippen molar-refractivity contribution in [1.82, 2.24) is 10.2 Å². The molecular formula is C37H35ClF3N3O5. The molecule has 0 radical (unpaired) electrons. The van der Waals surface area contributed by atoms with Crippen molar-refractivity contribution in [3.05, 3.63) is 117 Å². The number of fused-ring (bicyclic) bond motifs is 1. The van der Waals surface area contributed by atoms with Gasteiger partial charge in [-0.05, 0) is 79.6 Å². The van der Waals surface area contributed by atoms with E-state index in [2.05, 4.69) is 27.1 Å². The number of ether oxygens (including phenoxy) is 1. The van der Waals surface area contributed by atoms with Crippen LogP contribution in [0.25, 0.3) is 11.0 Å². The van der Waals surface area contributed by atoms with Crippen molar-refractivity contribution in [3.63, 3.8) is 0 Å². The smallest absolute Gasteiger partial charge is 0.451 e. The second-order valence-electron chi connectivity index (χ2n) is 12.3. The molecule has 2 saturated heterocycles. The van der Waals surface area contributed by atoms with Gasteiger partial charge in [-0.1, -0.05) is 53.6 Å². The lowest BCUT2D eigenvalue weighted by atomic mass is 9.97. The van der Waals surface area contributed by atoms with Gasteiger partial charge in [-0.25, -0.2) is 0 Å². The number of para-hydroxylation sites is 1. The number of nitrogens with zero attached hydrogens (tertiary/aromatic N) is 2. The molecule has 3 heterocycles. The maximum Gasteiger partial charge on any atom is 0.573 e. The van der Waals surface area contributed by atoms with Crippen molar-refractivity contribution in [3.8, 4) is 5.75 Å². The molecular weight excluding hydrogens is 659 g/mol. The van der Waals surface area contributed by atoms with Gasteiger partial charge in [-0.3, -0.25) is 14.4 Å². The number of halogens is 4. The van der Waals surface area contributed by atoms with E-state index in [0.29, 0.717) is 24.4 Å². The van der Waals surface area contributed by atoms with Crippen LogP contribution in [0, 0.1) is 0 Å². The average molecular weight is 694 g/mol. The van der Waals surface area contributed by atoms with Gasteiger partial charge in [0.25, 0.3) is 5.91 Å². The number of alkyl halides is 3. The molecule has 2 aliphatic rings. The number of hydrogen-bond acceptors (Lipinski definition) is 6. The molecule has 1 atom stereocenters. The number of carbonyl (C=O) groups excluding carboxylic acids is 2. The SMILES string of the molecule is O=C(NC(C=C1CCN(c2ccccc2CN2CCCCC2=O)CC1)Cc1ccc(Cl)cc1)c1cc(=O)c2cc(OC(F)(F)F)ccc2o1. The monoisotopic (exact) mass is 693 g/mol. The van der Waals surface area contributed by atoms with Crippen molar-refractivity contribution in [1.29, 1.82) is 0 Å². The summed E-state index contributed by atoms with van der Waals surface area (Å²) >= 11 is 6.10. The summed E-state index contributed by atoms with van der Waals surface area (Å²) in [5.41, 5.74) is 3.62. The van der Waals surface area contributed by atoms with E-state index in [4.69, 9.17) is 16.0 Å². The Bertz CT molecular complexity index is 1920. The van der Waals surface area contributed by atoms with Gasteiger partial charge in [0.1, 0.15) is 11.3 Å². The van der Waals surface area contributed by atoms with Gasteiger partial charge in [0.15, 0.2) is 11.2 Å². The lowest BCUT2D eigenvalue weighted by Gasteiger charge is -2.34. The molecule has 1 aromatic heterocycles. The van der Waals surface area contributed by atoms with Crippen LogP contribution < -0.4 is 20.4 Å². The molecule has 1 unspecified atom stereocenters. The second-order valence-corrected chi connectivity index (χ2v) is 12.7. The summed E-state index contributed by atoms with van der Waals surface area (Å²) in [5, 5.41) is 3.41. The molecule has 4 aromatic rings. The molecule has 1 N–H and O–H groups in total. The molecule has 3 aromatic carbocycles. The normalized spacial score (nSPS) is 16.1. The topological polar surface area (TPSA) is 92.1 Å². The molecule has 2 aliphatic heterocycles. The number of piperidine rings is 2. The van der Waals surface area contributed by atoms with E-state index in [9.17, 15) is 27.6 Å². The first kappa shape index (κ1) is 34.1. The Labute approximate surface area is 286 Å². The third kappa shape index (κ3) is 8.83. The summed E-state index contributed by atoms with van der Waals surface area (Å²) < 4.78 is 47.6. The quantitative estimate of drug-likeness (QED) is 0.184. The van der Waals surface area contributed by atoms with E-state index in [0.717, 1.165) is 92.0 Å². The van der Waals surface area contributed by atoms with Crippen LogP contribution >= 0.6 is 11.6 Å². The van der Waals surface area contributed by atoms with Crippen molar-refractivity contribution in [2.75, 3.05) is 24.5 Å². The van der Waals surface area contributed by atoms with Crippen molar-refractivity contribution < 1.29 is 31.9 Å². The summed E-state index contributed by atoms with van der Waals surface area (Å²) in [7, 11) is 0.